The van der Waals surface area contributed by atoms with Gasteiger partial charge in [0.1, 0.15) is 0 Å². The number of benzene rings is 2. The maximum atomic E-state index is 2.71. The molecule has 0 fully saturated rings. The highest BCUT2D eigenvalue weighted by molar-refractivity contribution is 14.2. The van der Waals surface area contributed by atoms with Gasteiger partial charge in [-0.05, 0) is 73.2 Å². The van der Waals surface area contributed by atoms with Crippen LogP contribution in [0.4, 0.5) is 0 Å². The quantitative estimate of drug-likeness (QED) is 0.521. The molecule has 0 radical (unpaired) electrons. The van der Waals surface area contributed by atoms with Gasteiger partial charge in [-0.15, -0.1) is 0 Å². The largest absolute Gasteiger partial charge is 0.247 e. The van der Waals surface area contributed by atoms with Crippen molar-refractivity contribution >= 4 is 28.6 Å². The van der Waals surface area contributed by atoms with E-state index < -0.39 is 7.39 Å². The second-order valence-electron chi connectivity index (χ2n) is 5.68. The molecule has 2 aromatic carbocycles. The Morgan fingerprint density at radius 1 is 0.714 bits per heavy atom. The normalized spacial score (nSPS) is 13.1. The lowest BCUT2D eigenvalue weighted by atomic mass is 10.3. The number of hydrogen-bond donors (Lipinski definition) is 0. The van der Waals surface area contributed by atoms with Gasteiger partial charge in [0.15, 0.2) is 0 Å². The minimum Gasteiger partial charge on any atom is -0.247 e. The molecule has 0 aliphatic heterocycles. The molecule has 0 bridgehead atoms. The summed E-state index contributed by atoms with van der Waals surface area (Å²) in [6.07, 6.45) is 0. The number of hydrogen-bond acceptors (Lipinski definition) is 1. The number of halogens is 1. The monoisotopic (exact) mass is 413 g/mol. The molecule has 0 aromatic heterocycles. The van der Waals surface area contributed by atoms with Gasteiger partial charge in [-0.1, -0.05) is 43.8 Å². The van der Waals surface area contributed by atoms with E-state index in [1.165, 1.54) is 9.79 Å². The van der Waals surface area contributed by atoms with Crippen molar-refractivity contribution in [3.05, 3.63) is 60.7 Å². The van der Waals surface area contributed by atoms with Gasteiger partial charge in [0, 0.05) is 21.9 Å². The third kappa shape index (κ3) is 3.46. The summed E-state index contributed by atoms with van der Waals surface area (Å²) >= 11 is 2.71. The minimum atomic E-state index is -1.23. The zero-order valence-corrected chi connectivity index (χ0v) is 16.1. The predicted octanol–water partition coefficient (Wildman–Crippen LogP) is 6.29. The van der Waals surface area contributed by atoms with Crippen molar-refractivity contribution in [1.29, 1.82) is 0 Å². The van der Waals surface area contributed by atoms with Crippen LogP contribution in [0.3, 0.4) is 0 Å². The second-order valence-corrected chi connectivity index (χ2v) is 11.9. The Morgan fingerprint density at radius 2 is 1.05 bits per heavy atom. The van der Waals surface area contributed by atoms with Gasteiger partial charge >= 0.3 is 0 Å². The lowest BCUT2D eigenvalue weighted by Gasteiger charge is -2.49. The summed E-state index contributed by atoms with van der Waals surface area (Å²) in [5.74, 6) is 0. The van der Waals surface area contributed by atoms with Crippen LogP contribution < -0.4 is 0 Å². The van der Waals surface area contributed by atoms with E-state index in [1.54, 1.807) is 0 Å². The summed E-state index contributed by atoms with van der Waals surface area (Å²) in [6.45, 7) is 9.19. The van der Waals surface area contributed by atoms with Crippen molar-refractivity contribution < 1.29 is 0 Å². The van der Waals surface area contributed by atoms with Crippen LogP contribution in [0.5, 0.6) is 0 Å². The van der Waals surface area contributed by atoms with Gasteiger partial charge in [0.2, 0.25) is 0 Å². The van der Waals surface area contributed by atoms with Crippen LogP contribution in [0, 0.1) is 0 Å². The Labute approximate surface area is 142 Å². The molecule has 114 valence electrons. The molecular formula is C18H24INS. The summed E-state index contributed by atoms with van der Waals surface area (Å²) in [5.41, 5.74) is 0. The third-order valence-electron chi connectivity index (χ3n) is 3.42. The molecule has 1 nitrogen and oxygen atoms in total. The molecule has 0 heterocycles. The SMILES string of the molecule is CC(C)N(C(C)C)S(I)(c1ccccc1)c1ccccc1. The van der Waals surface area contributed by atoms with E-state index >= 15 is 0 Å². The molecule has 0 atom stereocenters. The standard InChI is InChI=1S/C18H24INS/c1-15(2)20(16(3)4)21(19,17-11-7-5-8-12-17)18-13-9-6-10-14-18/h5-16H,1-4H3. The van der Waals surface area contributed by atoms with Crippen LogP contribution >= 0.6 is 28.6 Å². The van der Waals surface area contributed by atoms with Crippen LogP contribution in [-0.2, 0) is 0 Å². The fraction of sp³-hybridized carbons (Fsp3) is 0.333. The molecule has 0 spiro atoms. The maximum absolute atomic E-state index is 2.71. The molecule has 0 amide bonds. The summed E-state index contributed by atoms with van der Waals surface area (Å²) < 4.78 is 2.66. The van der Waals surface area contributed by atoms with Crippen LogP contribution in [0.15, 0.2) is 70.5 Å². The van der Waals surface area contributed by atoms with E-state index in [0.29, 0.717) is 12.1 Å². The van der Waals surface area contributed by atoms with E-state index in [1.807, 2.05) is 0 Å². The topological polar surface area (TPSA) is 3.24 Å². The van der Waals surface area contributed by atoms with Crippen molar-refractivity contribution in [3.63, 3.8) is 0 Å². The number of nitrogens with zero attached hydrogens (tertiary/aromatic N) is 1. The molecule has 2 aromatic rings. The Balaban J connectivity index is 2.65. The summed E-state index contributed by atoms with van der Waals surface area (Å²) in [4.78, 5) is 2.83. The van der Waals surface area contributed by atoms with E-state index in [9.17, 15) is 0 Å². The van der Waals surface area contributed by atoms with E-state index in [-0.39, 0.29) is 0 Å². The minimum absolute atomic E-state index is 0.498. The molecule has 21 heavy (non-hydrogen) atoms. The fourth-order valence-corrected chi connectivity index (χ4v) is 10.2. The Bertz CT molecular complexity index is 506. The fourth-order valence-electron chi connectivity index (χ4n) is 2.76. The summed E-state index contributed by atoms with van der Waals surface area (Å²) in [5, 5.41) is 0. The highest BCUT2D eigenvalue weighted by Crippen LogP contribution is 2.72. The average molecular weight is 413 g/mol. The van der Waals surface area contributed by atoms with Crippen LogP contribution in [0.1, 0.15) is 27.7 Å². The van der Waals surface area contributed by atoms with Crippen molar-refractivity contribution in [2.45, 2.75) is 49.6 Å². The van der Waals surface area contributed by atoms with E-state index in [4.69, 9.17) is 0 Å². The molecule has 0 aliphatic rings. The Hall–Kier alpha value is -0.520. The Kier molecular flexibility index (Phi) is 5.74. The smallest absolute Gasteiger partial charge is 0.0160 e. The average Bonchev–Trinajstić information content (AvgIpc) is 2.48. The van der Waals surface area contributed by atoms with Gasteiger partial charge in [-0.2, -0.15) is 0 Å². The predicted molar refractivity (Wildman–Crippen MR) is 103 cm³/mol. The third-order valence-corrected chi connectivity index (χ3v) is 11.1. The van der Waals surface area contributed by atoms with Gasteiger partial charge in [-0.25, -0.2) is 4.31 Å². The van der Waals surface area contributed by atoms with Crippen LogP contribution in [0.25, 0.3) is 0 Å². The molecule has 0 saturated carbocycles. The molecule has 0 unspecified atom stereocenters. The van der Waals surface area contributed by atoms with Gasteiger partial charge in [0.05, 0.1) is 0 Å². The molecule has 2 rings (SSSR count). The van der Waals surface area contributed by atoms with Crippen LogP contribution in [-0.4, -0.2) is 16.4 Å². The van der Waals surface area contributed by atoms with E-state index in [2.05, 4.69) is 114 Å². The van der Waals surface area contributed by atoms with Crippen LogP contribution in [0.2, 0.25) is 0 Å². The van der Waals surface area contributed by atoms with Crippen molar-refractivity contribution in [2.75, 3.05) is 0 Å². The molecule has 0 N–H and O–H groups in total. The first-order chi connectivity index (χ1) is 9.98. The van der Waals surface area contributed by atoms with E-state index in [0.717, 1.165) is 0 Å². The molecular weight excluding hydrogens is 389 g/mol. The van der Waals surface area contributed by atoms with Crippen molar-refractivity contribution in [1.82, 2.24) is 4.31 Å². The maximum Gasteiger partial charge on any atom is 0.0160 e. The zero-order chi connectivity index (χ0) is 15.5. The molecule has 0 saturated heterocycles. The van der Waals surface area contributed by atoms with Crippen molar-refractivity contribution in [3.8, 4) is 0 Å². The zero-order valence-electron chi connectivity index (χ0n) is 13.2. The van der Waals surface area contributed by atoms with Gasteiger partial charge < -0.3 is 0 Å². The van der Waals surface area contributed by atoms with Crippen molar-refractivity contribution in [2.24, 2.45) is 0 Å². The molecule has 0 aliphatic carbocycles. The first-order valence-corrected chi connectivity index (χ1v) is 11.5. The summed E-state index contributed by atoms with van der Waals surface area (Å²) in [6, 6.07) is 22.9. The first-order valence-electron chi connectivity index (χ1n) is 7.39. The first kappa shape index (κ1) is 16.8. The summed E-state index contributed by atoms with van der Waals surface area (Å²) in [7, 11) is -1.23. The lowest BCUT2D eigenvalue weighted by Crippen LogP contribution is -2.37. The highest BCUT2D eigenvalue weighted by Gasteiger charge is 2.35. The van der Waals surface area contributed by atoms with Gasteiger partial charge in [-0.3, -0.25) is 0 Å². The Morgan fingerprint density at radius 3 is 1.33 bits per heavy atom. The molecule has 3 heteroatoms. The second kappa shape index (κ2) is 7.16. The number of rotatable bonds is 5. The van der Waals surface area contributed by atoms with Gasteiger partial charge in [0.25, 0.3) is 0 Å². The highest BCUT2D eigenvalue weighted by atomic mass is 127. The lowest BCUT2D eigenvalue weighted by molar-refractivity contribution is 0.329.